The van der Waals surface area contributed by atoms with Crippen molar-refractivity contribution in [3.05, 3.63) is 68.8 Å². The van der Waals surface area contributed by atoms with E-state index in [9.17, 15) is 14.0 Å². The molecule has 4 nitrogen and oxygen atoms in total. The zero-order valence-electron chi connectivity index (χ0n) is 14.2. The number of carbonyl (C=O) groups is 2. The molecule has 1 aliphatic heterocycles. The Kier molecular flexibility index (Phi) is 5.48. The van der Waals surface area contributed by atoms with Gasteiger partial charge in [-0.3, -0.25) is 14.5 Å². The SMILES string of the molecule is CN(C)c1ccc(/C=C2\SC(=O)N(Cc3ccc(F)cc3)C2=O)cc1Br. The van der Waals surface area contributed by atoms with Gasteiger partial charge in [0.2, 0.25) is 0 Å². The van der Waals surface area contributed by atoms with E-state index in [2.05, 4.69) is 15.9 Å². The normalized spacial score (nSPS) is 15.8. The number of imide groups is 1. The number of nitrogens with zero attached hydrogens (tertiary/aromatic N) is 2. The molecule has 1 aliphatic rings. The van der Waals surface area contributed by atoms with Crippen LogP contribution in [0.25, 0.3) is 6.08 Å². The van der Waals surface area contributed by atoms with Gasteiger partial charge >= 0.3 is 0 Å². The molecule has 1 fully saturated rings. The van der Waals surface area contributed by atoms with E-state index in [0.717, 1.165) is 27.5 Å². The van der Waals surface area contributed by atoms with E-state index in [-0.39, 0.29) is 23.5 Å². The Labute approximate surface area is 163 Å². The molecule has 0 N–H and O–H groups in total. The van der Waals surface area contributed by atoms with E-state index >= 15 is 0 Å². The van der Waals surface area contributed by atoms with Crippen LogP contribution in [0.5, 0.6) is 0 Å². The predicted octanol–water partition coefficient (Wildman–Crippen LogP) is 4.89. The minimum atomic E-state index is -0.352. The van der Waals surface area contributed by atoms with Crippen LogP contribution in [0.3, 0.4) is 0 Å². The number of rotatable bonds is 4. The quantitative estimate of drug-likeness (QED) is 0.642. The van der Waals surface area contributed by atoms with Gasteiger partial charge in [0.05, 0.1) is 17.1 Å². The first kappa shape index (κ1) is 18.7. The van der Waals surface area contributed by atoms with Crippen LogP contribution in [0.2, 0.25) is 0 Å². The number of benzene rings is 2. The van der Waals surface area contributed by atoms with Crippen molar-refractivity contribution < 1.29 is 14.0 Å². The molecule has 1 heterocycles. The lowest BCUT2D eigenvalue weighted by atomic mass is 10.1. The average molecular weight is 435 g/mol. The fraction of sp³-hybridized carbons (Fsp3) is 0.158. The molecule has 0 atom stereocenters. The molecule has 2 aromatic carbocycles. The Balaban J connectivity index is 1.80. The van der Waals surface area contributed by atoms with E-state index in [1.165, 1.54) is 17.0 Å². The van der Waals surface area contributed by atoms with Gasteiger partial charge in [0, 0.05) is 18.6 Å². The van der Waals surface area contributed by atoms with Crippen molar-refractivity contribution in [3.63, 3.8) is 0 Å². The average Bonchev–Trinajstić information content (AvgIpc) is 2.84. The van der Waals surface area contributed by atoms with Crippen LogP contribution in [0, 0.1) is 5.82 Å². The van der Waals surface area contributed by atoms with Crippen molar-refractivity contribution in [3.8, 4) is 0 Å². The molecule has 2 aromatic rings. The van der Waals surface area contributed by atoms with Crippen LogP contribution in [-0.2, 0) is 11.3 Å². The fourth-order valence-electron chi connectivity index (χ4n) is 2.54. The van der Waals surface area contributed by atoms with Crippen LogP contribution >= 0.6 is 27.7 Å². The number of amides is 2. The minimum absolute atomic E-state index is 0.131. The zero-order valence-corrected chi connectivity index (χ0v) is 16.6. The van der Waals surface area contributed by atoms with Crippen molar-refractivity contribution in [1.29, 1.82) is 0 Å². The van der Waals surface area contributed by atoms with E-state index in [4.69, 9.17) is 0 Å². The molecular weight excluding hydrogens is 419 g/mol. The molecule has 0 radical (unpaired) electrons. The summed E-state index contributed by atoms with van der Waals surface area (Å²) in [4.78, 5) is 28.3. The largest absolute Gasteiger partial charge is 0.377 e. The van der Waals surface area contributed by atoms with Crippen LogP contribution in [0.4, 0.5) is 14.9 Å². The predicted molar refractivity (Wildman–Crippen MR) is 106 cm³/mol. The van der Waals surface area contributed by atoms with Gasteiger partial charge in [-0.15, -0.1) is 0 Å². The van der Waals surface area contributed by atoms with Gasteiger partial charge in [0.15, 0.2) is 0 Å². The van der Waals surface area contributed by atoms with Crippen LogP contribution < -0.4 is 4.90 Å². The Bertz CT molecular complexity index is 897. The second-order valence-corrected chi connectivity index (χ2v) is 7.85. The van der Waals surface area contributed by atoms with Gasteiger partial charge in [0.1, 0.15) is 5.82 Å². The molecule has 0 aromatic heterocycles. The summed E-state index contributed by atoms with van der Waals surface area (Å²) in [5, 5.41) is -0.324. The first-order valence-corrected chi connectivity index (χ1v) is 9.43. The summed E-state index contributed by atoms with van der Waals surface area (Å²) >= 11 is 4.43. The maximum Gasteiger partial charge on any atom is 0.293 e. The third-order valence-corrected chi connectivity index (χ3v) is 5.42. The van der Waals surface area contributed by atoms with Crippen molar-refractivity contribution in [1.82, 2.24) is 4.90 Å². The molecule has 3 rings (SSSR count). The molecule has 0 bridgehead atoms. The highest BCUT2D eigenvalue weighted by molar-refractivity contribution is 9.10. The maximum atomic E-state index is 13.0. The van der Waals surface area contributed by atoms with Crippen molar-refractivity contribution in [2.45, 2.75) is 6.54 Å². The van der Waals surface area contributed by atoms with Crippen molar-refractivity contribution >= 4 is 50.6 Å². The van der Waals surface area contributed by atoms with Gasteiger partial charge in [-0.2, -0.15) is 0 Å². The molecular formula is C19H16BrFN2O2S. The van der Waals surface area contributed by atoms with Gasteiger partial charge < -0.3 is 4.90 Å². The summed E-state index contributed by atoms with van der Waals surface area (Å²) in [6.45, 7) is 0.131. The Hall–Kier alpha value is -2.12. The number of anilines is 1. The lowest BCUT2D eigenvalue weighted by Crippen LogP contribution is -2.27. The highest BCUT2D eigenvalue weighted by Gasteiger charge is 2.34. The standard InChI is InChI=1S/C19H16BrFN2O2S/c1-22(2)16-8-5-13(9-15(16)20)10-17-18(24)23(19(25)26-17)11-12-3-6-14(21)7-4-12/h3-10H,11H2,1-2H3/b17-10-. The lowest BCUT2D eigenvalue weighted by Gasteiger charge is -2.14. The topological polar surface area (TPSA) is 40.6 Å². The van der Waals surface area contributed by atoms with E-state index in [1.807, 2.05) is 37.2 Å². The minimum Gasteiger partial charge on any atom is -0.377 e. The Morgan fingerprint density at radius 2 is 1.85 bits per heavy atom. The van der Waals surface area contributed by atoms with Crippen molar-refractivity contribution in [2.75, 3.05) is 19.0 Å². The second-order valence-electron chi connectivity index (χ2n) is 6.00. The summed E-state index contributed by atoms with van der Waals surface area (Å²) in [5.74, 6) is -0.688. The van der Waals surface area contributed by atoms with E-state index in [0.29, 0.717) is 10.5 Å². The molecule has 26 heavy (non-hydrogen) atoms. The smallest absolute Gasteiger partial charge is 0.293 e. The van der Waals surface area contributed by atoms with Crippen LogP contribution in [-0.4, -0.2) is 30.1 Å². The highest BCUT2D eigenvalue weighted by atomic mass is 79.9. The highest BCUT2D eigenvalue weighted by Crippen LogP contribution is 2.34. The molecule has 0 spiro atoms. The molecule has 7 heteroatoms. The van der Waals surface area contributed by atoms with Gasteiger partial charge in [0.25, 0.3) is 11.1 Å². The van der Waals surface area contributed by atoms with Crippen LogP contribution in [0.15, 0.2) is 51.8 Å². The molecule has 1 saturated heterocycles. The number of hydrogen-bond acceptors (Lipinski definition) is 4. The number of carbonyl (C=O) groups excluding carboxylic acids is 2. The Morgan fingerprint density at radius 1 is 1.15 bits per heavy atom. The zero-order chi connectivity index (χ0) is 18.8. The molecule has 0 unspecified atom stereocenters. The van der Waals surface area contributed by atoms with Crippen molar-refractivity contribution in [2.24, 2.45) is 0 Å². The summed E-state index contributed by atoms with van der Waals surface area (Å²) < 4.78 is 13.9. The number of hydrogen-bond donors (Lipinski definition) is 0. The third kappa shape index (κ3) is 3.99. The second kappa shape index (κ2) is 7.63. The molecule has 2 amide bonds. The van der Waals surface area contributed by atoms with E-state index in [1.54, 1.807) is 18.2 Å². The maximum absolute atomic E-state index is 13.0. The first-order chi connectivity index (χ1) is 12.3. The summed E-state index contributed by atoms with van der Waals surface area (Å²) in [7, 11) is 3.89. The third-order valence-electron chi connectivity index (χ3n) is 3.88. The number of thioether (sulfide) groups is 1. The molecule has 0 saturated carbocycles. The van der Waals surface area contributed by atoms with Gasteiger partial charge in [-0.05, 0) is 69.2 Å². The van der Waals surface area contributed by atoms with Crippen LogP contribution in [0.1, 0.15) is 11.1 Å². The van der Waals surface area contributed by atoms with E-state index < -0.39 is 0 Å². The first-order valence-electron chi connectivity index (χ1n) is 7.82. The summed E-state index contributed by atoms with van der Waals surface area (Å²) in [6.07, 6.45) is 1.71. The summed E-state index contributed by atoms with van der Waals surface area (Å²) in [5.41, 5.74) is 2.55. The monoisotopic (exact) mass is 434 g/mol. The van der Waals surface area contributed by atoms with Gasteiger partial charge in [-0.1, -0.05) is 18.2 Å². The number of halogens is 2. The summed E-state index contributed by atoms with van der Waals surface area (Å²) in [6, 6.07) is 11.5. The lowest BCUT2D eigenvalue weighted by molar-refractivity contribution is -0.123. The van der Waals surface area contributed by atoms with Gasteiger partial charge in [-0.25, -0.2) is 4.39 Å². The molecule has 0 aliphatic carbocycles. The Morgan fingerprint density at radius 3 is 2.46 bits per heavy atom. The molecule has 134 valence electrons. The fourth-order valence-corrected chi connectivity index (χ4v) is 4.13.